The van der Waals surface area contributed by atoms with Crippen LogP contribution >= 0.6 is 0 Å². The Balaban J connectivity index is 2.13. The van der Waals surface area contributed by atoms with Crippen LogP contribution in [0.15, 0.2) is 46.9 Å². The van der Waals surface area contributed by atoms with Crippen molar-refractivity contribution in [1.29, 1.82) is 0 Å². The van der Waals surface area contributed by atoms with Crippen molar-refractivity contribution < 1.29 is 17.0 Å². The van der Waals surface area contributed by atoms with E-state index < -0.39 is 10.3 Å². The van der Waals surface area contributed by atoms with Crippen LogP contribution in [0.5, 0.6) is 5.75 Å². The maximum Gasteiger partial charge on any atom is 0.384 e. The third kappa shape index (κ3) is 2.13. The van der Waals surface area contributed by atoms with Crippen molar-refractivity contribution in [3.63, 3.8) is 0 Å². The highest BCUT2D eigenvalue weighted by Gasteiger charge is 2.16. The van der Waals surface area contributed by atoms with E-state index in [-0.39, 0.29) is 5.75 Å². The van der Waals surface area contributed by atoms with Gasteiger partial charge in [-0.1, -0.05) is 18.2 Å². The molecule has 0 spiro atoms. The molecule has 0 unspecified atom stereocenters. The topological polar surface area (TPSA) is 59.8 Å². The number of furan rings is 1. The van der Waals surface area contributed by atoms with E-state index in [0.717, 1.165) is 20.7 Å². The van der Waals surface area contributed by atoms with Gasteiger partial charge in [0.2, 0.25) is 0 Å². The van der Waals surface area contributed by atoms with Crippen molar-refractivity contribution in [3.8, 4) is 5.75 Å². The van der Waals surface area contributed by atoms with Gasteiger partial charge in [-0.2, -0.15) is 12.7 Å². The van der Waals surface area contributed by atoms with Crippen molar-refractivity contribution >= 4 is 32.2 Å². The van der Waals surface area contributed by atoms with Gasteiger partial charge in [-0.05, 0) is 24.3 Å². The normalized spacial score (nSPS) is 12.3. The second-order valence-corrected chi connectivity index (χ2v) is 6.33. The van der Waals surface area contributed by atoms with Gasteiger partial charge < -0.3 is 8.60 Å². The first-order valence-electron chi connectivity index (χ1n) is 6.00. The van der Waals surface area contributed by atoms with E-state index in [1.807, 2.05) is 24.3 Å². The van der Waals surface area contributed by atoms with E-state index in [1.165, 1.54) is 14.1 Å². The van der Waals surface area contributed by atoms with E-state index in [2.05, 4.69) is 0 Å². The van der Waals surface area contributed by atoms with Gasteiger partial charge in [0.15, 0.2) is 0 Å². The van der Waals surface area contributed by atoms with E-state index in [4.69, 9.17) is 8.60 Å². The lowest BCUT2D eigenvalue weighted by atomic mass is 10.1. The molecule has 0 atom stereocenters. The van der Waals surface area contributed by atoms with Gasteiger partial charge >= 0.3 is 10.3 Å². The van der Waals surface area contributed by atoms with Crippen molar-refractivity contribution in [2.75, 3.05) is 14.1 Å². The maximum atomic E-state index is 11.7. The molecule has 0 amide bonds. The fraction of sp³-hybridized carbons (Fsp3) is 0.143. The summed E-state index contributed by atoms with van der Waals surface area (Å²) in [6, 6.07) is 12.5. The zero-order valence-electron chi connectivity index (χ0n) is 11.0. The summed E-state index contributed by atoms with van der Waals surface area (Å²) in [6.07, 6.45) is 0. The number of rotatable bonds is 3. The van der Waals surface area contributed by atoms with Crippen molar-refractivity contribution in [3.05, 3.63) is 42.5 Å². The van der Waals surface area contributed by atoms with Gasteiger partial charge in [0, 0.05) is 24.9 Å². The number of hydrogen-bond donors (Lipinski definition) is 0. The summed E-state index contributed by atoms with van der Waals surface area (Å²) in [7, 11) is -0.918. The highest BCUT2D eigenvalue weighted by molar-refractivity contribution is 7.84. The molecule has 0 aliphatic rings. The van der Waals surface area contributed by atoms with Gasteiger partial charge in [0.05, 0.1) is 0 Å². The number of nitrogens with zero attached hydrogens (tertiary/aromatic N) is 1. The third-order valence-corrected chi connectivity index (χ3v) is 4.29. The summed E-state index contributed by atoms with van der Waals surface area (Å²) in [5.41, 5.74) is 1.45. The molecule has 0 saturated heterocycles. The molecular weight excluding hydrogens is 278 g/mol. The highest BCUT2D eigenvalue weighted by Crippen LogP contribution is 2.31. The molecule has 0 fully saturated rings. The van der Waals surface area contributed by atoms with Crippen LogP contribution in [-0.2, 0) is 10.3 Å². The zero-order chi connectivity index (χ0) is 14.3. The van der Waals surface area contributed by atoms with Crippen LogP contribution in [0.3, 0.4) is 0 Å². The Morgan fingerprint density at radius 1 is 1.00 bits per heavy atom. The fourth-order valence-electron chi connectivity index (χ4n) is 1.95. The molecule has 2 aromatic carbocycles. The minimum absolute atomic E-state index is 0.262. The number of hydrogen-bond acceptors (Lipinski definition) is 4. The first-order chi connectivity index (χ1) is 9.47. The summed E-state index contributed by atoms with van der Waals surface area (Å²) >= 11 is 0. The summed E-state index contributed by atoms with van der Waals surface area (Å²) in [5.74, 6) is 0.262. The minimum Gasteiger partial charge on any atom is -0.456 e. The molecule has 104 valence electrons. The van der Waals surface area contributed by atoms with Crippen LogP contribution in [-0.4, -0.2) is 26.8 Å². The molecule has 0 bridgehead atoms. The summed E-state index contributed by atoms with van der Waals surface area (Å²) in [5, 5.41) is 1.75. The van der Waals surface area contributed by atoms with E-state index in [0.29, 0.717) is 5.58 Å². The lowest BCUT2D eigenvalue weighted by Gasteiger charge is -2.11. The van der Waals surface area contributed by atoms with Crippen LogP contribution in [0.4, 0.5) is 0 Å². The quantitative estimate of drug-likeness (QED) is 0.744. The molecule has 3 rings (SSSR count). The van der Waals surface area contributed by atoms with Gasteiger partial charge in [-0.3, -0.25) is 0 Å². The van der Waals surface area contributed by atoms with Crippen molar-refractivity contribution in [1.82, 2.24) is 4.31 Å². The maximum absolute atomic E-state index is 11.7. The third-order valence-electron chi connectivity index (χ3n) is 3.00. The molecule has 0 radical (unpaired) electrons. The minimum atomic E-state index is -3.75. The Hall–Kier alpha value is -2.05. The number of fused-ring (bicyclic) bond motifs is 3. The molecule has 0 aliphatic heterocycles. The highest BCUT2D eigenvalue weighted by atomic mass is 32.2. The Morgan fingerprint density at radius 2 is 1.70 bits per heavy atom. The average molecular weight is 291 g/mol. The van der Waals surface area contributed by atoms with Crippen LogP contribution in [0.2, 0.25) is 0 Å². The second kappa shape index (κ2) is 4.50. The monoisotopic (exact) mass is 291 g/mol. The first kappa shape index (κ1) is 13.0. The largest absolute Gasteiger partial charge is 0.456 e. The van der Waals surface area contributed by atoms with Gasteiger partial charge in [0.1, 0.15) is 16.9 Å². The predicted octanol–water partition coefficient (Wildman–Crippen LogP) is 2.77. The second-order valence-electron chi connectivity index (χ2n) is 4.58. The lowest BCUT2D eigenvalue weighted by molar-refractivity contribution is 0.421. The predicted molar refractivity (Wildman–Crippen MR) is 77.0 cm³/mol. The molecule has 6 heteroatoms. The number of benzene rings is 2. The van der Waals surface area contributed by atoms with E-state index in [9.17, 15) is 8.42 Å². The standard InChI is InChI=1S/C14H13NO4S/c1-15(2)20(16,17)19-10-7-8-14-12(9-10)11-5-3-4-6-13(11)18-14/h3-9H,1-2H3. The lowest BCUT2D eigenvalue weighted by Crippen LogP contribution is -2.26. The first-order valence-corrected chi connectivity index (χ1v) is 7.37. The van der Waals surface area contributed by atoms with Gasteiger partial charge in [0.25, 0.3) is 0 Å². The molecule has 5 nitrogen and oxygen atoms in total. The van der Waals surface area contributed by atoms with Crippen LogP contribution in [0, 0.1) is 0 Å². The zero-order valence-corrected chi connectivity index (χ0v) is 11.8. The number of para-hydroxylation sites is 1. The smallest absolute Gasteiger partial charge is 0.384 e. The van der Waals surface area contributed by atoms with E-state index in [1.54, 1.807) is 18.2 Å². The molecule has 1 aromatic heterocycles. The van der Waals surface area contributed by atoms with Gasteiger partial charge in [-0.15, -0.1) is 0 Å². The molecule has 0 aliphatic carbocycles. The summed E-state index contributed by atoms with van der Waals surface area (Å²) in [4.78, 5) is 0. The molecule has 20 heavy (non-hydrogen) atoms. The summed E-state index contributed by atoms with van der Waals surface area (Å²) in [6.45, 7) is 0. The molecule has 0 saturated carbocycles. The molecule has 3 aromatic rings. The molecular formula is C14H13NO4S. The Kier molecular flexibility index (Phi) is 2.92. The van der Waals surface area contributed by atoms with Gasteiger partial charge in [-0.25, -0.2) is 0 Å². The fourth-order valence-corrected chi connectivity index (χ4v) is 2.45. The molecule has 0 N–H and O–H groups in total. The molecule has 1 heterocycles. The Morgan fingerprint density at radius 3 is 2.45 bits per heavy atom. The Bertz CT molecular complexity index is 880. The van der Waals surface area contributed by atoms with E-state index >= 15 is 0 Å². The van der Waals surface area contributed by atoms with Crippen LogP contribution in [0.25, 0.3) is 21.9 Å². The van der Waals surface area contributed by atoms with Crippen molar-refractivity contribution in [2.24, 2.45) is 0 Å². The average Bonchev–Trinajstić information content (AvgIpc) is 2.76. The van der Waals surface area contributed by atoms with Crippen LogP contribution in [0.1, 0.15) is 0 Å². The summed E-state index contributed by atoms with van der Waals surface area (Å²) < 4.78 is 35.2. The Labute approximate surface area is 116 Å². The SMILES string of the molecule is CN(C)S(=O)(=O)Oc1ccc2oc3ccccc3c2c1. The van der Waals surface area contributed by atoms with Crippen molar-refractivity contribution in [2.45, 2.75) is 0 Å². The van der Waals surface area contributed by atoms with Crippen LogP contribution < -0.4 is 4.18 Å².